The molecule has 4 aliphatic heterocycles. The molecule has 16 nitrogen and oxygen atoms in total. The van der Waals surface area contributed by atoms with Crippen molar-refractivity contribution in [3.05, 3.63) is 59.4 Å². The Morgan fingerprint density at radius 1 is 1.10 bits per heavy atom. The first-order valence-corrected chi connectivity index (χ1v) is 22.9. The van der Waals surface area contributed by atoms with E-state index in [0.29, 0.717) is 30.2 Å². The molecule has 5 heterocycles. The number of cyclic esters (lactones) is 1. The average Bonchev–Trinajstić information content (AvgIpc) is 4.07. The number of nitrogens with one attached hydrogen (secondary N) is 1. The van der Waals surface area contributed by atoms with Gasteiger partial charge in [-0.3, -0.25) is 9.59 Å². The topological polar surface area (TPSA) is 215 Å². The number of methoxy groups -OCH3 is 1. The summed E-state index contributed by atoms with van der Waals surface area (Å²) in [5.41, 5.74) is 1.47. The van der Waals surface area contributed by atoms with E-state index in [0.717, 1.165) is 11.1 Å². The van der Waals surface area contributed by atoms with Gasteiger partial charge in [-0.05, 0) is 56.8 Å². The van der Waals surface area contributed by atoms with E-state index in [1.165, 1.54) is 28.5 Å². The zero-order valence-electron chi connectivity index (χ0n) is 35.9. The molecule has 4 aliphatic rings. The van der Waals surface area contributed by atoms with Gasteiger partial charge in [0, 0.05) is 57.1 Å². The van der Waals surface area contributed by atoms with Gasteiger partial charge in [0.15, 0.2) is 12.0 Å². The largest absolute Gasteiger partial charge is 0.508 e. The summed E-state index contributed by atoms with van der Waals surface area (Å²) < 4.78 is 46.9. The number of aryl methyl sites for hydroxylation is 1. The molecule has 2 bridgehead atoms. The molecule has 3 saturated heterocycles. The molecule has 1 aromatic rings. The number of nitrogens with zero attached hydrogens (tertiary/aromatic N) is 1. The second-order valence-corrected chi connectivity index (χ2v) is 18.8. The number of ether oxygens (including phenoxy) is 7. The number of carbonyl (C=O) groups is 5. The Hall–Kier alpha value is -4.10. The number of epoxide rings is 2. The monoisotopic (exact) mass is 890 g/mol. The van der Waals surface area contributed by atoms with Crippen LogP contribution in [-0.4, -0.2) is 120 Å². The number of oxazole rings is 1. The number of hydrogen-bond acceptors (Lipinski definition) is 16. The third-order valence-electron chi connectivity index (χ3n) is 11.2. The maximum absolute atomic E-state index is 13.8. The molecule has 12 atom stereocenters. The second-order valence-electron chi connectivity index (χ2n) is 16.2. The van der Waals surface area contributed by atoms with Gasteiger partial charge in [0.25, 0.3) is 0 Å². The molecule has 1 aromatic heterocycles. The number of rotatable bonds is 16. The van der Waals surface area contributed by atoms with Crippen LogP contribution in [0.4, 0.5) is 4.79 Å². The number of carboxylic acids is 1. The van der Waals surface area contributed by atoms with Crippen molar-refractivity contribution in [2.24, 2.45) is 17.8 Å². The molecule has 0 unspecified atom stereocenters. The highest BCUT2D eigenvalue weighted by Gasteiger charge is 2.60. The number of fused-ring (bicyclic) bond motifs is 4. The minimum absolute atomic E-state index is 0.0154. The van der Waals surface area contributed by atoms with E-state index >= 15 is 0 Å². The van der Waals surface area contributed by atoms with Gasteiger partial charge in [-0.1, -0.05) is 65.8 Å². The highest BCUT2D eigenvalue weighted by molar-refractivity contribution is 8.76. The average molecular weight is 891 g/mol. The molecule has 0 radical (unpaired) electrons. The predicted octanol–water partition coefficient (Wildman–Crippen LogP) is 6.18. The molecule has 3 fully saturated rings. The van der Waals surface area contributed by atoms with Gasteiger partial charge in [0.05, 0.1) is 12.2 Å². The normalized spacial score (nSPS) is 30.8. The van der Waals surface area contributed by atoms with Crippen LogP contribution in [0.1, 0.15) is 78.8 Å². The van der Waals surface area contributed by atoms with E-state index in [1.54, 1.807) is 20.3 Å². The van der Waals surface area contributed by atoms with E-state index in [9.17, 15) is 29.1 Å². The zero-order valence-corrected chi connectivity index (χ0v) is 37.5. The molecule has 5 rings (SSSR count). The lowest BCUT2D eigenvalue weighted by molar-refractivity contribution is -0.159. The standard InChI is InChI=1S/C43H58N2O14S2/c1-23(16-30-21-54-28(6)45-30)10-9-11-25(3)38(52-8)26(4)33-20-36(58-42(51)53-14-15-60-61-22-31(40(48)49)44-27(5)46)43(7)35(59-43)13-12-24(2)32-17-29(19-37(47)55-32)18-34-39(56-34)41(50)57-33/h9-13,16,21,24,26,29,31-36,38-39H,14-15,17-20,22H2,1-8H3,(H,44,46)(H,48,49)/t24-,26+,29+,31-,32-,33+,34+,35-,36+,38+,39-,43+/m1/s1. The van der Waals surface area contributed by atoms with Crippen molar-refractivity contribution in [3.63, 3.8) is 0 Å². The Morgan fingerprint density at radius 2 is 1.85 bits per heavy atom. The summed E-state index contributed by atoms with van der Waals surface area (Å²) in [5.74, 6) is -2.07. The molecule has 61 heavy (non-hydrogen) atoms. The van der Waals surface area contributed by atoms with Crippen LogP contribution in [0.3, 0.4) is 0 Å². The predicted molar refractivity (Wildman–Crippen MR) is 226 cm³/mol. The summed E-state index contributed by atoms with van der Waals surface area (Å²) in [7, 11) is 4.07. The van der Waals surface area contributed by atoms with E-state index < -0.39 is 78.2 Å². The van der Waals surface area contributed by atoms with Crippen molar-refractivity contribution < 1.29 is 66.7 Å². The van der Waals surface area contributed by atoms with E-state index in [2.05, 4.69) is 10.3 Å². The zero-order chi connectivity index (χ0) is 44.4. The number of esters is 2. The SMILES string of the molecule is CO[C@@H](C(C)=CC=CC(C)=Cc1coc(C)n1)[C@@H](C)[C@@H]1C[C@H](OC(=O)OCCSSC[C@@H](NC(C)=O)C(=O)O)[C@@]2(C)O[C@@H]2C=C[C@@H](C)[C@H]2C[C@H](CC(=O)O2)C[C@@H]2O[C@H]2C(=O)O1. The smallest absolute Gasteiger partial charge is 0.480 e. The van der Waals surface area contributed by atoms with Crippen LogP contribution in [0.2, 0.25) is 0 Å². The molecule has 2 N–H and O–H groups in total. The van der Waals surface area contributed by atoms with Crippen molar-refractivity contribution in [2.45, 2.75) is 129 Å². The van der Waals surface area contributed by atoms with Gasteiger partial charge in [0.1, 0.15) is 54.6 Å². The molecule has 0 aliphatic carbocycles. The van der Waals surface area contributed by atoms with Gasteiger partial charge >= 0.3 is 24.1 Å². The van der Waals surface area contributed by atoms with Gasteiger partial charge < -0.3 is 48.0 Å². The maximum atomic E-state index is 13.8. The van der Waals surface area contributed by atoms with Crippen LogP contribution in [0.15, 0.2) is 52.2 Å². The van der Waals surface area contributed by atoms with Crippen molar-refractivity contribution in [1.29, 1.82) is 0 Å². The maximum Gasteiger partial charge on any atom is 0.508 e. The van der Waals surface area contributed by atoms with Crippen molar-refractivity contribution >= 4 is 57.6 Å². The van der Waals surface area contributed by atoms with Crippen molar-refractivity contribution in [1.82, 2.24) is 10.3 Å². The van der Waals surface area contributed by atoms with E-state index in [4.69, 9.17) is 37.6 Å². The Balaban J connectivity index is 1.34. The second kappa shape index (κ2) is 21.8. The van der Waals surface area contributed by atoms with Crippen LogP contribution in [0.5, 0.6) is 0 Å². The molecule has 336 valence electrons. The number of allylic oxidation sites excluding steroid dienone is 4. The first-order chi connectivity index (χ1) is 29.0. The molecule has 1 amide bonds. The lowest BCUT2D eigenvalue weighted by Crippen LogP contribution is -2.43. The number of aromatic nitrogens is 1. The Labute approximate surface area is 364 Å². The summed E-state index contributed by atoms with van der Waals surface area (Å²) in [6.07, 6.45) is 9.11. The quantitative estimate of drug-likeness (QED) is 0.0361. The summed E-state index contributed by atoms with van der Waals surface area (Å²) in [5, 5.41) is 11.7. The van der Waals surface area contributed by atoms with Gasteiger partial charge in [-0.2, -0.15) is 0 Å². The fourth-order valence-corrected chi connectivity index (χ4v) is 9.67. The number of carboxylic acid groups (broad SMARTS) is 1. The molecule has 0 spiro atoms. The molecule has 0 aromatic carbocycles. The van der Waals surface area contributed by atoms with Gasteiger partial charge in [-0.15, -0.1) is 0 Å². The summed E-state index contributed by atoms with van der Waals surface area (Å²) in [4.78, 5) is 66.9. The molecular weight excluding hydrogens is 833 g/mol. The first-order valence-electron chi connectivity index (χ1n) is 20.4. The first kappa shape index (κ1) is 47.9. The lowest BCUT2D eigenvalue weighted by Gasteiger charge is -2.33. The van der Waals surface area contributed by atoms with Crippen LogP contribution in [0.25, 0.3) is 6.08 Å². The molecule has 18 heteroatoms. The highest BCUT2D eigenvalue weighted by atomic mass is 33.1. The fraction of sp³-hybridized carbons (Fsp3) is 0.628. The summed E-state index contributed by atoms with van der Waals surface area (Å²) >= 11 is 0. The Kier molecular flexibility index (Phi) is 17.1. The summed E-state index contributed by atoms with van der Waals surface area (Å²) in [6.45, 7) is 12.5. The third kappa shape index (κ3) is 13.9. The van der Waals surface area contributed by atoms with Gasteiger partial charge in [-0.25, -0.2) is 19.4 Å². The number of aliphatic carboxylic acids is 1. The van der Waals surface area contributed by atoms with Gasteiger partial charge in [0.2, 0.25) is 5.91 Å². The third-order valence-corrected chi connectivity index (χ3v) is 13.6. The Morgan fingerprint density at radius 3 is 2.54 bits per heavy atom. The van der Waals surface area contributed by atoms with Crippen LogP contribution >= 0.6 is 21.6 Å². The fourth-order valence-electron chi connectivity index (χ4n) is 7.69. The van der Waals surface area contributed by atoms with Crippen LogP contribution in [0, 0.1) is 24.7 Å². The lowest BCUT2D eigenvalue weighted by atomic mass is 9.84. The number of amides is 1. The van der Waals surface area contributed by atoms with Crippen molar-refractivity contribution in [3.8, 4) is 0 Å². The van der Waals surface area contributed by atoms with E-state index in [-0.39, 0.29) is 49.1 Å². The van der Waals surface area contributed by atoms with Crippen LogP contribution in [-0.2, 0) is 52.3 Å². The van der Waals surface area contributed by atoms with Crippen LogP contribution < -0.4 is 5.32 Å². The number of carbonyl (C=O) groups excluding carboxylic acids is 4. The molecular formula is C43H58N2O14S2. The summed E-state index contributed by atoms with van der Waals surface area (Å²) in [6, 6.07) is -1.06. The minimum atomic E-state index is -1.15. The minimum Gasteiger partial charge on any atom is -0.480 e. The number of hydrogen-bond donors (Lipinski definition) is 2. The van der Waals surface area contributed by atoms with E-state index in [1.807, 2.05) is 71.1 Å². The van der Waals surface area contributed by atoms with Crippen molar-refractivity contribution in [2.75, 3.05) is 25.2 Å². The highest BCUT2D eigenvalue weighted by Crippen LogP contribution is 2.46. The molecule has 0 saturated carbocycles. The Bertz CT molecular complexity index is 1860.